The molecule has 0 aliphatic carbocycles. The molecular formula is C16H11ClN4OS. The van der Waals surface area contributed by atoms with E-state index in [2.05, 4.69) is 10.3 Å². The Bertz CT molecular complexity index is 916. The quantitative estimate of drug-likeness (QED) is 0.735. The summed E-state index contributed by atoms with van der Waals surface area (Å²) in [6.07, 6.45) is 3.65. The van der Waals surface area contributed by atoms with Crippen LogP contribution in [0.4, 0.5) is 5.69 Å². The molecule has 1 aromatic carbocycles. The molecule has 114 valence electrons. The minimum absolute atomic E-state index is 0.186. The number of carbonyl (C=O) groups excluding carboxylic acids is 1. The lowest BCUT2D eigenvalue weighted by atomic mass is 10.2. The molecule has 0 atom stereocenters. The summed E-state index contributed by atoms with van der Waals surface area (Å²) >= 11 is 7.23. The molecule has 2 heterocycles. The average molecular weight is 343 g/mol. The summed E-state index contributed by atoms with van der Waals surface area (Å²) in [7, 11) is 0. The Morgan fingerprint density at radius 2 is 2.26 bits per heavy atom. The van der Waals surface area contributed by atoms with E-state index in [1.54, 1.807) is 24.4 Å². The molecule has 0 spiro atoms. The van der Waals surface area contributed by atoms with Crippen molar-refractivity contribution in [2.75, 3.05) is 11.1 Å². The van der Waals surface area contributed by atoms with E-state index in [-0.39, 0.29) is 11.7 Å². The van der Waals surface area contributed by atoms with Crippen molar-refractivity contribution in [3.63, 3.8) is 0 Å². The molecule has 5 nitrogen and oxygen atoms in total. The van der Waals surface area contributed by atoms with Crippen LogP contribution in [0.15, 0.2) is 53.9 Å². The summed E-state index contributed by atoms with van der Waals surface area (Å²) in [6.45, 7) is 0. The van der Waals surface area contributed by atoms with Crippen molar-refractivity contribution in [1.82, 2.24) is 9.38 Å². The topological polar surface area (TPSA) is 70.2 Å². The van der Waals surface area contributed by atoms with Gasteiger partial charge in [-0.2, -0.15) is 5.26 Å². The van der Waals surface area contributed by atoms with Gasteiger partial charge in [0.1, 0.15) is 6.07 Å². The first-order valence-corrected chi connectivity index (χ1v) is 8.08. The van der Waals surface area contributed by atoms with Gasteiger partial charge in [-0.1, -0.05) is 29.4 Å². The van der Waals surface area contributed by atoms with Gasteiger partial charge in [0.25, 0.3) is 0 Å². The molecule has 0 unspecified atom stereocenters. The van der Waals surface area contributed by atoms with Crippen LogP contribution in [0.5, 0.6) is 0 Å². The standard InChI is InChI=1S/C16H11ClN4OS/c17-12-5-4-11(8-18)14(7-12)20-15(22)10-23-16-19-9-13-3-1-2-6-21(13)16/h1-7,9H,10H2,(H,20,22). The van der Waals surface area contributed by atoms with Crippen molar-refractivity contribution in [3.05, 3.63) is 59.4 Å². The lowest BCUT2D eigenvalue weighted by Crippen LogP contribution is -2.15. The highest BCUT2D eigenvalue weighted by molar-refractivity contribution is 7.99. The number of benzene rings is 1. The third-order valence-electron chi connectivity index (χ3n) is 3.11. The number of anilines is 1. The summed E-state index contributed by atoms with van der Waals surface area (Å²) < 4.78 is 1.91. The van der Waals surface area contributed by atoms with Crippen LogP contribution in [0.25, 0.3) is 5.52 Å². The number of rotatable bonds is 4. The summed E-state index contributed by atoms with van der Waals surface area (Å²) in [5.41, 5.74) is 1.76. The molecule has 0 aliphatic heterocycles. The lowest BCUT2D eigenvalue weighted by Gasteiger charge is -2.07. The van der Waals surface area contributed by atoms with Gasteiger partial charge in [-0.05, 0) is 30.3 Å². The fourth-order valence-corrected chi connectivity index (χ4v) is 3.00. The first-order chi connectivity index (χ1) is 11.2. The van der Waals surface area contributed by atoms with Gasteiger partial charge in [0.15, 0.2) is 5.16 Å². The van der Waals surface area contributed by atoms with Crippen LogP contribution < -0.4 is 5.32 Å². The molecule has 0 radical (unpaired) electrons. The minimum Gasteiger partial charge on any atom is -0.324 e. The van der Waals surface area contributed by atoms with E-state index in [0.29, 0.717) is 16.3 Å². The van der Waals surface area contributed by atoms with Gasteiger partial charge in [0.2, 0.25) is 5.91 Å². The molecule has 0 aliphatic rings. The predicted molar refractivity (Wildman–Crippen MR) is 90.7 cm³/mol. The highest BCUT2D eigenvalue weighted by Crippen LogP contribution is 2.22. The van der Waals surface area contributed by atoms with E-state index < -0.39 is 0 Å². The lowest BCUT2D eigenvalue weighted by molar-refractivity contribution is -0.113. The fraction of sp³-hybridized carbons (Fsp3) is 0.0625. The number of pyridine rings is 1. The number of nitrogens with one attached hydrogen (secondary N) is 1. The van der Waals surface area contributed by atoms with Crippen molar-refractivity contribution in [3.8, 4) is 6.07 Å². The fourth-order valence-electron chi connectivity index (χ4n) is 2.06. The number of halogens is 1. The number of imidazole rings is 1. The SMILES string of the molecule is N#Cc1ccc(Cl)cc1NC(=O)CSc1ncc2ccccn12. The molecule has 3 rings (SSSR count). The normalized spacial score (nSPS) is 10.4. The highest BCUT2D eigenvalue weighted by atomic mass is 35.5. The van der Waals surface area contributed by atoms with Crippen LogP contribution in [-0.4, -0.2) is 21.0 Å². The number of amides is 1. The smallest absolute Gasteiger partial charge is 0.234 e. The summed E-state index contributed by atoms with van der Waals surface area (Å²) in [5.74, 6) is -0.0350. The maximum absolute atomic E-state index is 12.1. The largest absolute Gasteiger partial charge is 0.324 e. The Labute approximate surface area is 141 Å². The Morgan fingerprint density at radius 3 is 3.09 bits per heavy atom. The summed E-state index contributed by atoms with van der Waals surface area (Å²) in [6, 6.07) is 12.6. The van der Waals surface area contributed by atoms with Crippen LogP contribution in [0.2, 0.25) is 5.02 Å². The molecule has 7 heteroatoms. The predicted octanol–water partition coefficient (Wildman–Crippen LogP) is 3.59. The van der Waals surface area contributed by atoms with Crippen LogP contribution in [0.3, 0.4) is 0 Å². The second-order valence-electron chi connectivity index (χ2n) is 4.67. The zero-order chi connectivity index (χ0) is 16.2. The molecule has 2 aromatic heterocycles. The molecule has 0 saturated carbocycles. The van der Waals surface area contributed by atoms with Gasteiger partial charge in [0.05, 0.1) is 28.7 Å². The van der Waals surface area contributed by atoms with E-state index in [1.807, 2.05) is 34.9 Å². The monoisotopic (exact) mass is 342 g/mol. The van der Waals surface area contributed by atoms with Gasteiger partial charge in [-0.3, -0.25) is 9.20 Å². The first kappa shape index (κ1) is 15.4. The Kier molecular flexibility index (Phi) is 4.51. The number of fused-ring (bicyclic) bond motifs is 1. The van der Waals surface area contributed by atoms with Gasteiger partial charge >= 0.3 is 0 Å². The number of hydrogen-bond donors (Lipinski definition) is 1. The maximum atomic E-state index is 12.1. The molecule has 0 fully saturated rings. The number of aromatic nitrogens is 2. The van der Waals surface area contributed by atoms with Gasteiger partial charge in [-0.15, -0.1) is 0 Å². The van der Waals surface area contributed by atoms with E-state index in [9.17, 15) is 4.79 Å². The molecule has 1 N–H and O–H groups in total. The van der Waals surface area contributed by atoms with Crippen LogP contribution in [0.1, 0.15) is 5.56 Å². The summed E-state index contributed by atoms with van der Waals surface area (Å²) in [4.78, 5) is 16.4. The van der Waals surface area contributed by atoms with Crippen molar-refractivity contribution in [1.29, 1.82) is 5.26 Å². The van der Waals surface area contributed by atoms with E-state index >= 15 is 0 Å². The Balaban J connectivity index is 1.69. The van der Waals surface area contributed by atoms with Gasteiger partial charge < -0.3 is 5.32 Å². The molecule has 23 heavy (non-hydrogen) atoms. The van der Waals surface area contributed by atoms with E-state index in [1.165, 1.54) is 11.8 Å². The Hall–Kier alpha value is -2.49. The maximum Gasteiger partial charge on any atom is 0.234 e. The first-order valence-electron chi connectivity index (χ1n) is 6.72. The van der Waals surface area contributed by atoms with Crippen LogP contribution in [0, 0.1) is 11.3 Å². The molecule has 3 aromatic rings. The number of carbonyl (C=O) groups is 1. The van der Waals surface area contributed by atoms with Crippen molar-refractivity contribution in [2.45, 2.75) is 5.16 Å². The summed E-state index contributed by atoms with van der Waals surface area (Å²) in [5, 5.41) is 13.0. The van der Waals surface area contributed by atoms with Crippen molar-refractivity contribution in [2.24, 2.45) is 0 Å². The third-order valence-corrected chi connectivity index (χ3v) is 4.32. The van der Waals surface area contributed by atoms with Crippen molar-refractivity contribution < 1.29 is 4.79 Å². The highest BCUT2D eigenvalue weighted by Gasteiger charge is 2.10. The number of nitrogens with zero attached hydrogens (tertiary/aromatic N) is 3. The third kappa shape index (κ3) is 3.47. The molecule has 1 amide bonds. The minimum atomic E-state index is -0.221. The Morgan fingerprint density at radius 1 is 1.39 bits per heavy atom. The van der Waals surface area contributed by atoms with Gasteiger partial charge in [-0.25, -0.2) is 4.98 Å². The molecular weight excluding hydrogens is 332 g/mol. The molecule has 0 saturated heterocycles. The number of hydrogen-bond acceptors (Lipinski definition) is 4. The second kappa shape index (κ2) is 6.73. The number of thioether (sulfide) groups is 1. The van der Waals surface area contributed by atoms with E-state index in [0.717, 1.165) is 10.7 Å². The van der Waals surface area contributed by atoms with Crippen LogP contribution >= 0.6 is 23.4 Å². The van der Waals surface area contributed by atoms with Crippen LogP contribution in [-0.2, 0) is 4.79 Å². The van der Waals surface area contributed by atoms with Gasteiger partial charge in [0, 0.05) is 11.2 Å². The zero-order valence-corrected chi connectivity index (χ0v) is 13.4. The molecule has 0 bridgehead atoms. The second-order valence-corrected chi connectivity index (χ2v) is 6.05. The van der Waals surface area contributed by atoms with E-state index in [4.69, 9.17) is 16.9 Å². The number of nitriles is 1. The zero-order valence-electron chi connectivity index (χ0n) is 11.9. The van der Waals surface area contributed by atoms with Crippen molar-refractivity contribution >= 4 is 40.5 Å². The average Bonchev–Trinajstić information content (AvgIpc) is 2.96.